The van der Waals surface area contributed by atoms with Crippen LogP contribution in [0.25, 0.3) is 0 Å². The number of esters is 1. The van der Waals surface area contributed by atoms with Gasteiger partial charge in [-0.3, -0.25) is 4.79 Å². The van der Waals surface area contributed by atoms with Crippen molar-refractivity contribution in [3.05, 3.63) is 108 Å². The lowest BCUT2D eigenvalue weighted by molar-refractivity contribution is -0.138. The molecular weight excluding hydrogens is 503 g/mol. The van der Waals surface area contributed by atoms with Gasteiger partial charge in [-0.05, 0) is 25.0 Å². The first-order valence-corrected chi connectivity index (χ1v) is 13.5. The van der Waals surface area contributed by atoms with E-state index in [-0.39, 0.29) is 13.2 Å². The molecule has 0 saturated heterocycles. The summed E-state index contributed by atoms with van der Waals surface area (Å²) < 4.78 is 43.8. The van der Waals surface area contributed by atoms with Gasteiger partial charge in [-0.15, -0.1) is 0 Å². The van der Waals surface area contributed by atoms with Crippen LogP contribution in [0, 0.1) is 0 Å². The predicted molar refractivity (Wildman–Crippen MR) is 152 cm³/mol. The molecule has 0 fully saturated rings. The molecule has 0 radical (unpaired) electrons. The molecule has 0 saturated carbocycles. The summed E-state index contributed by atoms with van der Waals surface area (Å²) >= 11 is 0. The van der Waals surface area contributed by atoms with Crippen LogP contribution in [-0.4, -0.2) is 25.0 Å². The number of hydrogen-bond acceptors (Lipinski definition) is 3. The summed E-state index contributed by atoms with van der Waals surface area (Å²) in [5.74, 6) is -1.51. The third kappa shape index (κ3) is 17.5. The minimum absolute atomic E-state index is 0.0284. The summed E-state index contributed by atoms with van der Waals surface area (Å²) in [4.78, 5) is 23.7. The molecule has 0 spiro atoms. The lowest BCUT2D eigenvalue weighted by atomic mass is 10.1. The van der Waals surface area contributed by atoms with E-state index in [2.05, 4.69) is 24.4 Å². The van der Waals surface area contributed by atoms with Gasteiger partial charge in [0.15, 0.2) is 0 Å². The summed E-state index contributed by atoms with van der Waals surface area (Å²) in [5, 5.41) is 2.49. The van der Waals surface area contributed by atoms with E-state index in [0.717, 1.165) is 18.6 Å². The Bertz CT molecular complexity index is 1020. The zero-order valence-corrected chi connectivity index (χ0v) is 22.7. The molecule has 0 aliphatic rings. The highest BCUT2D eigenvalue weighted by Crippen LogP contribution is 2.32. The Morgan fingerprint density at radius 2 is 1.36 bits per heavy atom. The van der Waals surface area contributed by atoms with E-state index in [4.69, 9.17) is 4.74 Å². The molecular formula is C32H40F3NO3. The number of benzene rings is 1. The Hall–Kier alpha value is -3.61. The number of rotatable bonds is 18. The average Bonchev–Trinajstić information content (AvgIpc) is 2.91. The molecule has 0 atom stereocenters. The molecule has 4 nitrogen and oxygen atoms in total. The molecule has 7 heteroatoms. The lowest BCUT2D eigenvalue weighted by Gasteiger charge is -2.12. The normalized spacial score (nSPS) is 12.7. The Morgan fingerprint density at radius 3 is 2.00 bits per heavy atom. The van der Waals surface area contributed by atoms with Crippen molar-refractivity contribution in [1.29, 1.82) is 0 Å². The number of halogens is 3. The Balaban J connectivity index is 2.16. The van der Waals surface area contributed by atoms with E-state index in [1.165, 1.54) is 63.2 Å². The highest BCUT2D eigenvalue weighted by atomic mass is 19.4. The van der Waals surface area contributed by atoms with Gasteiger partial charge in [-0.25, -0.2) is 4.79 Å². The second kappa shape index (κ2) is 21.3. The van der Waals surface area contributed by atoms with Gasteiger partial charge in [-0.1, -0.05) is 124 Å². The van der Waals surface area contributed by atoms with E-state index in [0.29, 0.717) is 0 Å². The first kappa shape index (κ1) is 33.4. The predicted octanol–water partition coefficient (Wildman–Crippen LogP) is 8.46. The Labute approximate surface area is 230 Å². The molecule has 1 amide bonds. The van der Waals surface area contributed by atoms with Crippen molar-refractivity contribution in [2.75, 3.05) is 13.2 Å². The van der Waals surface area contributed by atoms with Crippen molar-refractivity contribution in [2.45, 2.75) is 64.5 Å². The number of nitrogens with one attached hydrogen (secondary N) is 1. The smallest absolute Gasteiger partial charge is 0.417 e. The number of unbranched alkanes of at least 4 members (excludes halogenated alkanes) is 7. The van der Waals surface area contributed by atoms with Crippen LogP contribution in [0.2, 0.25) is 0 Å². The van der Waals surface area contributed by atoms with E-state index in [9.17, 15) is 22.8 Å². The van der Waals surface area contributed by atoms with Crippen LogP contribution in [0.15, 0.2) is 97.2 Å². The third-order valence-corrected chi connectivity index (χ3v) is 5.44. The van der Waals surface area contributed by atoms with Crippen LogP contribution in [0.1, 0.15) is 74.2 Å². The SMILES string of the molecule is CCCCCCCCCC=CC=CC=CC=CC=CC=CC(=O)NCCOC(=O)c1ccccc1C(F)(F)F. The number of hydrogen-bond donors (Lipinski definition) is 1. The highest BCUT2D eigenvalue weighted by molar-refractivity contribution is 5.91. The second-order valence-corrected chi connectivity index (χ2v) is 8.71. The van der Waals surface area contributed by atoms with Gasteiger partial charge < -0.3 is 10.1 Å². The summed E-state index contributed by atoms with van der Waals surface area (Å²) in [5.41, 5.74) is -1.62. The minimum Gasteiger partial charge on any atom is -0.460 e. The molecule has 0 aliphatic heterocycles. The largest absolute Gasteiger partial charge is 0.460 e. The van der Waals surface area contributed by atoms with Gasteiger partial charge in [0.25, 0.3) is 0 Å². The molecule has 1 aromatic carbocycles. The van der Waals surface area contributed by atoms with Crippen molar-refractivity contribution in [2.24, 2.45) is 0 Å². The quantitative estimate of drug-likeness (QED) is 0.0875. The number of carbonyl (C=O) groups excluding carboxylic acids is 2. The van der Waals surface area contributed by atoms with Crippen molar-refractivity contribution in [3.8, 4) is 0 Å². The Morgan fingerprint density at radius 1 is 0.795 bits per heavy atom. The zero-order valence-electron chi connectivity index (χ0n) is 22.7. The summed E-state index contributed by atoms with van der Waals surface area (Å²) in [6.07, 6.45) is 27.7. The molecule has 1 aromatic rings. The van der Waals surface area contributed by atoms with Crippen molar-refractivity contribution in [3.63, 3.8) is 0 Å². The summed E-state index contributed by atoms with van der Waals surface area (Å²) in [6, 6.07) is 4.39. The van der Waals surface area contributed by atoms with Crippen molar-refractivity contribution in [1.82, 2.24) is 5.32 Å². The van der Waals surface area contributed by atoms with E-state index >= 15 is 0 Å². The molecule has 39 heavy (non-hydrogen) atoms. The van der Waals surface area contributed by atoms with Crippen LogP contribution in [0.3, 0.4) is 0 Å². The molecule has 1 N–H and O–H groups in total. The first-order valence-electron chi connectivity index (χ1n) is 13.5. The minimum atomic E-state index is -4.66. The molecule has 212 valence electrons. The number of alkyl halides is 3. The van der Waals surface area contributed by atoms with Crippen LogP contribution in [-0.2, 0) is 15.7 Å². The number of ether oxygens (including phenoxy) is 1. The molecule has 0 heterocycles. The maximum atomic E-state index is 13.0. The van der Waals surface area contributed by atoms with Gasteiger partial charge >= 0.3 is 12.1 Å². The molecule has 1 rings (SSSR count). The maximum absolute atomic E-state index is 13.0. The standard InChI is InChI=1S/C32H40F3NO3/c1-2-3-4-5-6-7-8-9-10-11-12-13-14-15-16-17-18-19-20-25-30(37)36-26-27-39-31(38)28-23-21-22-24-29(28)32(33,34)35/h10-25H,2-9,26-27H2,1H3,(H,36,37). The van der Waals surface area contributed by atoms with Crippen LogP contribution < -0.4 is 5.32 Å². The molecule has 0 unspecified atom stereocenters. The first-order chi connectivity index (χ1) is 18.9. The van der Waals surface area contributed by atoms with Gasteiger partial charge in [0.05, 0.1) is 17.7 Å². The molecule has 0 aromatic heterocycles. The fourth-order valence-corrected chi connectivity index (χ4v) is 3.41. The van der Waals surface area contributed by atoms with Gasteiger partial charge in [0.1, 0.15) is 6.61 Å². The van der Waals surface area contributed by atoms with Crippen molar-refractivity contribution >= 4 is 11.9 Å². The maximum Gasteiger partial charge on any atom is 0.417 e. The fourth-order valence-electron chi connectivity index (χ4n) is 3.41. The van der Waals surface area contributed by atoms with Crippen molar-refractivity contribution < 1.29 is 27.5 Å². The third-order valence-electron chi connectivity index (χ3n) is 5.44. The van der Waals surface area contributed by atoms with Gasteiger partial charge in [0, 0.05) is 6.08 Å². The lowest BCUT2D eigenvalue weighted by Crippen LogP contribution is -2.26. The fraction of sp³-hybridized carbons (Fsp3) is 0.375. The summed E-state index contributed by atoms with van der Waals surface area (Å²) in [6.45, 7) is 1.96. The van der Waals surface area contributed by atoms with Crippen LogP contribution in [0.5, 0.6) is 0 Å². The number of carbonyl (C=O) groups is 2. The van der Waals surface area contributed by atoms with E-state index in [1.807, 2.05) is 36.5 Å². The van der Waals surface area contributed by atoms with Gasteiger partial charge in [-0.2, -0.15) is 13.2 Å². The highest BCUT2D eigenvalue weighted by Gasteiger charge is 2.35. The monoisotopic (exact) mass is 543 g/mol. The number of allylic oxidation sites excluding steroid dienone is 11. The molecule has 0 aliphatic carbocycles. The van der Waals surface area contributed by atoms with Gasteiger partial charge in [0.2, 0.25) is 5.91 Å². The topological polar surface area (TPSA) is 55.4 Å². The number of amides is 1. The second-order valence-electron chi connectivity index (χ2n) is 8.71. The van der Waals surface area contributed by atoms with E-state index in [1.54, 1.807) is 18.2 Å². The van der Waals surface area contributed by atoms with E-state index < -0.39 is 29.2 Å². The Kier molecular flexibility index (Phi) is 18.3. The molecule has 0 bridgehead atoms. The zero-order chi connectivity index (χ0) is 28.6. The van der Waals surface area contributed by atoms with Crippen LogP contribution in [0.4, 0.5) is 13.2 Å². The van der Waals surface area contributed by atoms with Crippen LogP contribution >= 0.6 is 0 Å². The summed E-state index contributed by atoms with van der Waals surface area (Å²) in [7, 11) is 0. The average molecular weight is 544 g/mol.